The fourth-order valence-corrected chi connectivity index (χ4v) is 6.79. The van der Waals surface area contributed by atoms with Gasteiger partial charge in [-0.25, -0.2) is 4.68 Å². The zero-order valence-electron chi connectivity index (χ0n) is 21.5. The molecule has 2 saturated carbocycles. The number of hydrogen-bond acceptors (Lipinski definition) is 6. The van der Waals surface area contributed by atoms with E-state index in [1.165, 1.54) is 50.5 Å². The van der Waals surface area contributed by atoms with Gasteiger partial charge in [0.05, 0.1) is 6.04 Å². The average Bonchev–Trinajstić information content (AvgIpc) is 3.62. The number of pyridine rings is 1. The molecule has 6 rings (SSSR count). The Labute approximate surface area is 213 Å². The van der Waals surface area contributed by atoms with Crippen molar-refractivity contribution in [3.63, 3.8) is 0 Å². The lowest BCUT2D eigenvalue weighted by atomic mass is 9.93. The van der Waals surface area contributed by atoms with Gasteiger partial charge in [0.2, 0.25) is 0 Å². The van der Waals surface area contributed by atoms with Crippen molar-refractivity contribution in [1.29, 1.82) is 0 Å². The van der Waals surface area contributed by atoms with Crippen molar-refractivity contribution in [2.24, 2.45) is 0 Å². The summed E-state index contributed by atoms with van der Waals surface area (Å²) in [7, 11) is 0. The third-order valence-electron chi connectivity index (χ3n) is 8.88. The molecular formula is C28H39N7O. The molecule has 1 aromatic carbocycles. The van der Waals surface area contributed by atoms with Crippen molar-refractivity contribution in [2.45, 2.75) is 89.3 Å². The minimum absolute atomic E-state index is 0.0348. The average molecular weight is 490 g/mol. The maximum Gasteiger partial charge on any atom is 0.253 e. The predicted octanol–water partition coefficient (Wildman–Crippen LogP) is 4.23. The fraction of sp³-hybridized carbons (Fsp3) is 0.643. The van der Waals surface area contributed by atoms with Crippen LogP contribution in [-0.4, -0.2) is 67.2 Å². The van der Waals surface area contributed by atoms with Gasteiger partial charge in [-0.2, -0.15) is 0 Å². The molecule has 8 heteroatoms. The Kier molecular flexibility index (Phi) is 6.89. The fourth-order valence-electron chi connectivity index (χ4n) is 6.79. The Morgan fingerprint density at radius 3 is 2.42 bits per heavy atom. The summed E-state index contributed by atoms with van der Waals surface area (Å²) in [6, 6.07) is 9.23. The van der Waals surface area contributed by atoms with Gasteiger partial charge in [0.15, 0.2) is 5.82 Å². The number of nitrogens with one attached hydrogen (secondary N) is 1. The predicted molar refractivity (Wildman–Crippen MR) is 141 cm³/mol. The summed E-state index contributed by atoms with van der Waals surface area (Å²) >= 11 is 0. The zero-order valence-corrected chi connectivity index (χ0v) is 21.5. The molecule has 0 spiro atoms. The van der Waals surface area contributed by atoms with E-state index in [4.69, 9.17) is 0 Å². The van der Waals surface area contributed by atoms with Gasteiger partial charge in [0.1, 0.15) is 6.04 Å². The molecule has 3 heterocycles. The first-order chi connectivity index (χ1) is 17.7. The third-order valence-corrected chi connectivity index (χ3v) is 8.88. The van der Waals surface area contributed by atoms with Gasteiger partial charge < -0.3 is 4.98 Å². The van der Waals surface area contributed by atoms with Gasteiger partial charge in [-0.1, -0.05) is 45.1 Å². The molecule has 3 aliphatic rings. The van der Waals surface area contributed by atoms with Crippen molar-refractivity contribution in [1.82, 2.24) is 35.0 Å². The molecule has 192 valence electrons. The van der Waals surface area contributed by atoms with Crippen LogP contribution in [0.15, 0.2) is 29.1 Å². The second-order valence-electron chi connectivity index (χ2n) is 11.0. The topological polar surface area (TPSA) is 82.9 Å². The molecule has 0 amide bonds. The van der Waals surface area contributed by atoms with Crippen LogP contribution in [-0.2, 0) is 6.42 Å². The van der Waals surface area contributed by atoms with Crippen LogP contribution in [0.4, 0.5) is 0 Å². The number of benzene rings is 1. The molecule has 0 unspecified atom stereocenters. The van der Waals surface area contributed by atoms with Gasteiger partial charge in [-0.15, -0.1) is 5.10 Å². The minimum atomic E-state index is -0.243. The first-order valence-electron chi connectivity index (χ1n) is 14.1. The molecule has 2 aromatic heterocycles. The van der Waals surface area contributed by atoms with E-state index in [1.807, 2.05) is 10.7 Å². The first kappa shape index (κ1) is 23.8. The summed E-state index contributed by atoms with van der Waals surface area (Å²) in [5, 5.41) is 14.2. The van der Waals surface area contributed by atoms with E-state index in [2.05, 4.69) is 55.4 Å². The Morgan fingerprint density at radius 2 is 1.67 bits per heavy atom. The van der Waals surface area contributed by atoms with Gasteiger partial charge in [0.25, 0.3) is 5.56 Å². The highest BCUT2D eigenvalue weighted by Gasteiger charge is 2.35. The molecule has 1 saturated heterocycles. The van der Waals surface area contributed by atoms with E-state index in [9.17, 15) is 4.79 Å². The van der Waals surface area contributed by atoms with Gasteiger partial charge in [0, 0.05) is 43.3 Å². The highest BCUT2D eigenvalue weighted by atomic mass is 16.1. The van der Waals surface area contributed by atoms with Crippen molar-refractivity contribution in [3.05, 3.63) is 51.6 Å². The lowest BCUT2D eigenvalue weighted by molar-refractivity contribution is 0.0613. The van der Waals surface area contributed by atoms with Crippen LogP contribution in [0.3, 0.4) is 0 Å². The Bertz CT molecular complexity index is 1230. The third kappa shape index (κ3) is 4.61. The largest absolute Gasteiger partial charge is 0.322 e. The number of aromatic nitrogens is 5. The molecule has 0 radical (unpaired) electrons. The van der Waals surface area contributed by atoms with Crippen LogP contribution >= 0.6 is 0 Å². The van der Waals surface area contributed by atoms with Crippen LogP contribution in [0.2, 0.25) is 0 Å². The molecule has 3 aromatic rings. The number of aryl methyl sites for hydroxylation is 1. The van der Waals surface area contributed by atoms with Crippen molar-refractivity contribution in [2.75, 3.05) is 26.2 Å². The second kappa shape index (κ2) is 10.4. The van der Waals surface area contributed by atoms with Crippen molar-refractivity contribution in [3.8, 4) is 0 Å². The Morgan fingerprint density at radius 1 is 0.944 bits per heavy atom. The maximum atomic E-state index is 13.5. The van der Waals surface area contributed by atoms with Gasteiger partial charge in [-0.3, -0.25) is 14.6 Å². The summed E-state index contributed by atoms with van der Waals surface area (Å²) in [5.74, 6) is 0.824. The van der Waals surface area contributed by atoms with Crippen LogP contribution in [0.5, 0.6) is 0 Å². The van der Waals surface area contributed by atoms with E-state index in [0.29, 0.717) is 6.04 Å². The van der Waals surface area contributed by atoms with Crippen LogP contribution < -0.4 is 5.56 Å². The number of hydrogen-bond donors (Lipinski definition) is 1. The van der Waals surface area contributed by atoms with E-state index in [1.54, 1.807) is 0 Å². The number of H-pyrrole nitrogens is 1. The normalized spacial score (nSPS) is 21.9. The summed E-state index contributed by atoms with van der Waals surface area (Å²) in [6.45, 7) is 6.09. The number of tetrazole rings is 1. The number of fused-ring (bicyclic) bond motifs is 1. The van der Waals surface area contributed by atoms with Crippen molar-refractivity contribution >= 4 is 10.9 Å². The molecule has 1 aliphatic heterocycles. The van der Waals surface area contributed by atoms with Crippen LogP contribution in [0, 0.1) is 0 Å². The quantitative estimate of drug-likeness (QED) is 0.558. The number of aromatic amines is 1. The molecule has 0 bridgehead atoms. The van der Waals surface area contributed by atoms with Crippen LogP contribution in [0.1, 0.15) is 93.7 Å². The highest BCUT2D eigenvalue weighted by molar-refractivity contribution is 5.80. The molecule has 8 nitrogen and oxygen atoms in total. The van der Waals surface area contributed by atoms with Gasteiger partial charge >= 0.3 is 0 Å². The first-order valence-corrected chi connectivity index (χ1v) is 14.1. The standard InChI is InChI=1S/C28H39N7O/c1-2-20-12-13-25-21(18-20)19-24(28(36)29-25)26(27-30-31-32-35(27)23-10-6-7-11-23)34-16-14-33(15-17-34)22-8-4-3-5-9-22/h12-13,18-19,22-23,26H,2-11,14-17H2,1H3,(H,29,36)/t26-/m1/s1. The lowest BCUT2D eigenvalue weighted by Gasteiger charge is -2.43. The van der Waals surface area contributed by atoms with Crippen molar-refractivity contribution < 1.29 is 0 Å². The summed E-state index contributed by atoms with van der Waals surface area (Å²) < 4.78 is 2.04. The highest BCUT2D eigenvalue weighted by Crippen LogP contribution is 2.35. The molecule has 3 fully saturated rings. The van der Waals surface area contributed by atoms with E-state index in [-0.39, 0.29) is 11.6 Å². The molecule has 1 atom stereocenters. The monoisotopic (exact) mass is 489 g/mol. The molecule has 1 N–H and O–H groups in total. The van der Waals surface area contributed by atoms with E-state index >= 15 is 0 Å². The molecule has 36 heavy (non-hydrogen) atoms. The second-order valence-corrected chi connectivity index (χ2v) is 11.0. The summed E-state index contributed by atoms with van der Waals surface area (Å²) in [6.07, 6.45) is 12.4. The summed E-state index contributed by atoms with van der Waals surface area (Å²) in [5.41, 5.74) is 2.88. The lowest BCUT2D eigenvalue weighted by Crippen LogP contribution is -2.52. The SMILES string of the molecule is CCc1ccc2[nH]c(=O)c([C@H](c3nnnn3C3CCCC3)N3CCN(C4CCCCC4)CC3)cc2c1. The smallest absolute Gasteiger partial charge is 0.253 e. The zero-order chi connectivity index (χ0) is 24.5. The Hall–Kier alpha value is -2.58. The van der Waals surface area contributed by atoms with Gasteiger partial charge in [-0.05, 0) is 71.7 Å². The molecular weight excluding hydrogens is 450 g/mol. The maximum absolute atomic E-state index is 13.5. The number of nitrogens with zero attached hydrogens (tertiary/aromatic N) is 6. The van der Waals surface area contributed by atoms with Crippen LogP contribution in [0.25, 0.3) is 10.9 Å². The minimum Gasteiger partial charge on any atom is -0.322 e. The molecule has 2 aliphatic carbocycles. The summed E-state index contributed by atoms with van der Waals surface area (Å²) in [4.78, 5) is 21.9. The van der Waals surface area contributed by atoms with E-state index < -0.39 is 0 Å². The van der Waals surface area contributed by atoms with E-state index in [0.717, 1.165) is 73.8 Å². The number of piperazine rings is 1. The Balaban J connectivity index is 1.37. The number of rotatable bonds is 6.